The third-order valence-electron chi connectivity index (χ3n) is 9.38. The van der Waals surface area contributed by atoms with Crippen LogP contribution in [-0.4, -0.2) is 22.8 Å². The second-order valence-electron chi connectivity index (χ2n) is 11.3. The molecule has 2 fully saturated rings. The molecule has 31 heavy (non-hydrogen) atoms. The number of hydrogen-bond donors (Lipinski definition) is 2. The SMILES string of the molecule is CCCCC1(CC2(CCCC)CCCCC2(N)CCCCl)CCCCC1(N)CCCCl. The van der Waals surface area contributed by atoms with Gasteiger partial charge < -0.3 is 11.5 Å². The van der Waals surface area contributed by atoms with Crippen LogP contribution >= 0.6 is 23.2 Å². The van der Waals surface area contributed by atoms with Crippen molar-refractivity contribution in [2.75, 3.05) is 11.8 Å². The highest BCUT2D eigenvalue weighted by Crippen LogP contribution is 2.61. The van der Waals surface area contributed by atoms with Crippen LogP contribution in [0.3, 0.4) is 0 Å². The van der Waals surface area contributed by atoms with E-state index in [9.17, 15) is 0 Å². The largest absolute Gasteiger partial charge is 0.325 e. The van der Waals surface area contributed by atoms with E-state index in [2.05, 4.69) is 13.8 Å². The average Bonchev–Trinajstić information content (AvgIpc) is 2.77. The normalized spacial score (nSPS) is 36.6. The van der Waals surface area contributed by atoms with Gasteiger partial charge in [-0.25, -0.2) is 0 Å². The molecule has 4 atom stereocenters. The molecule has 184 valence electrons. The highest BCUT2D eigenvalue weighted by atomic mass is 35.5. The monoisotopic (exact) mass is 474 g/mol. The van der Waals surface area contributed by atoms with Crippen molar-refractivity contribution >= 4 is 23.2 Å². The maximum absolute atomic E-state index is 7.44. The lowest BCUT2D eigenvalue weighted by molar-refractivity contribution is -0.0638. The summed E-state index contributed by atoms with van der Waals surface area (Å²) in [6.45, 7) is 4.66. The van der Waals surface area contributed by atoms with Gasteiger partial charge in [-0.05, 0) is 81.5 Å². The second kappa shape index (κ2) is 12.8. The fourth-order valence-corrected chi connectivity index (χ4v) is 7.78. The van der Waals surface area contributed by atoms with E-state index >= 15 is 0 Å². The summed E-state index contributed by atoms with van der Waals surface area (Å²) in [5.74, 6) is 1.45. The minimum Gasteiger partial charge on any atom is -0.325 e. The summed E-state index contributed by atoms with van der Waals surface area (Å²) in [4.78, 5) is 0. The zero-order valence-electron chi connectivity index (χ0n) is 20.8. The molecule has 0 heterocycles. The molecular weight excluding hydrogens is 423 g/mol. The Morgan fingerprint density at radius 1 is 0.581 bits per heavy atom. The van der Waals surface area contributed by atoms with E-state index in [4.69, 9.17) is 34.7 Å². The molecule has 2 aliphatic carbocycles. The predicted octanol–water partition coefficient (Wildman–Crippen LogP) is 8.31. The Labute approximate surface area is 204 Å². The standard InChI is InChI=1S/C27H52Cl2N2/c1-3-5-13-24(15-7-9-17-26(24,30)19-11-21-28)23-25(14-6-4-2)16-8-10-18-27(25,31)20-12-22-29/h3-23,30-31H2,1-2H3. The van der Waals surface area contributed by atoms with Crippen molar-refractivity contribution in [3.8, 4) is 0 Å². The molecule has 4 unspecified atom stereocenters. The number of hydrogen-bond acceptors (Lipinski definition) is 2. The first-order valence-electron chi connectivity index (χ1n) is 13.6. The molecule has 4 heteroatoms. The van der Waals surface area contributed by atoms with E-state index in [0.29, 0.717) is 0 Å². The van der Waals surface area contributed by atoms with Gasteiger partial charge in [-0.15, -0.1) is 23.2 Å². The molecule has 0 aliphatic heterocycles. The Kier molecular flexibility index (Phi) is 11.5. The lowest BCUT2D eigenvalue weighted by Crippen LogP contribution is -2.64. The molecule has 2 rings (SSSR count). The molecule has 0 spiro atoms. The Bertz CT molecular complexity index is 471. The minimum absolute atomic E-state index is 0.0840. The van der Waals surface area contributed by atoms with E-state index in [1.165, 1.54) is 83.5 Å². The van der Waals surface area contributed by atoms with Gasteiger partial charge in [-0.3, -0.25) is 0 Å². The van der Waals surface area contributed by atoms with Gasteiger partial charge in [0.25, 0.3) is 0 Å². The number of rotatable bonds is 14. The van der Waals surface area contributed by atoms with Crippen LogP contribution in [0.2, 0.25) is 0 Å². The Morgan fingerprint density at radius 3 is 1.32 bits per heavy atom. The molecule has 0 aromatic heterocycles. The first-order chi connectivity index (χ1) is 14.9. The maximum Gasteiger partial charge on any atom is 0.0224 e. The zero-order valence-corrected chi connectivity index (χ0v) is 22.3. The highest BCUT2D eigenvalue weighted by Gasteiger charge is 2.57. The summed E-state index contributed by atoms with van der Waals surface area (Å²) in [7, 11) is 0. The zero-order chi connectivity index (χ0) is 22.8. The number of alkyl halides is 2. The third-order valence-corrected chi connectivity index (χ3v) is 9.91. The van der Waals surface area contributed by atoms with Gasteiger partial charge >= 0.3 is 0 Å². The first-order valence-corrected chi connectivity index (χ1v) is 14.6. The Morgan fingerprint density at radius 2 is 0.968 bits per heavy atom. The van der Waals surface area contributed by atoms with E-state index in [1.54, 1.807) is 0 Å². The topological polar surface area (TPSA) is 52.0 Å². The molecule has 0 bridgehead atoms. The van der Waals surface area contributed by atoms with Crippen molar-refractivity contribution in [1.82, 2.24) is 0 Å². The summed E-state index contributed by atoms with van der Waals surface area (Å²) < 4.78 is 0. The van der Waals surface area contributed by atoms with Gasteiger partial charge in [0, 0.05) is 22.8 Å². The van der Waals surface area contributed by atoms with Crippen molar-refractivity contribution in [2.24, 2.45) is 22.3 Å². The molecule has 4 N–H and O–H groups in total. The lowest BCUT2D eigenvalue weighted by atomic mass is 9.46. The van der Waals surface area contributed by atoms with Gasteiger partial charge in [0.1, 0.15) is 0 Å². The smallest absolute Gasteiger partial charge is 0.0224 e. The second-order valence-corrected chi connectivity index (χ2v) is 12.0. The highest BCUT2D eigenvalue weighted by molar-refractivity contribution is 6.18. The van der Waals surface area contributed by atoms with Crippen LogP contribution in [0, 0.1) is 10.8 Å². The van der Waals surface area contributed by atoms with E-state index in [-0.39, 0.29) is 21.9 Å². The summed E-state index contributed by atoms with van der Waals surface area (Å²) in [5, 5.41) is 0. The van der Waals surface area contributed by atoms with Gasteiger partial charge in [-0.1, -0.05) is 65.2 Å². The van der Waals surface area contributed by atoms with Gasteiger partial charge in [0.2, 0.25) is 0 Å². The summed E-state index contributed by atoms with van der Waals surface area (Å²) in [6, 6.07) is 0. The molecular formula is C27H52Cl2N2. The van der Waals surface area contributed by atoms with E-state index in [0.717, 1.165) is 50.3 Å². The summed E-state index contributed by atoms with van der Waals surface area (Å²) in [6.07, 6.45) is 23.1. The molecule has 0 radical (unpaired) electrons. The van der Waals surface area contributed by atoms with Gasteiger partial charge in [0.15, 0.2) is 0 Å². The Balaban J connectivity index is 2.48. The number of halogens is 2. The van der Waals surface area contributed by atoms with Crippen molar-refractivity contribution in [2.45, 2.75) is 147 Å². The summed E-state index contributed by atoms with van der Waals surface area (Å²) >= 11 is 12.4. The molecule has 0 amide bonds. The molecule has 0 aromatic carbocycles. The van der Waals surface area contributed by atoms with Crippen molar-refractivity contribution in [3.05, 3.63) is 0 Å². The third kappa shape index (κ3) is 6.34. The van der Waals surface area contributed by atoms with Crippen LogP contribution in [0.15, 0.2) is 0 Å². The van der Waals surface area contributed by atoms with E-state index < -0.39 is 0 Å². The van der Waals surface area contributed by atoms with Crippen LogP contribution in [0.4, 0.5) is 0 Å². The number of nitrogens with two attached hydrogens (primary N) is 2. The van der Waals surface area contributed by atoms with Crippen LogP contribution in [0.1, 0.15) is 136 Å². The fourth-order valence-electron chi connectivity index (χ4n) is 7.51. The number of unbranched alkanes of at least 4 members (excludes halogenated alkanes) is 2. The van der Waals surface area contributed by atoms with Gasteiger partial charge in [-0.2, -0.15) is 0 Å². The predicted molar refractivity (Wildman–Crippen MR) is 139 cm³/mol. The van der Waals surface area contributed by atoms with Crippen molar-refractivity contribution in [1.29, 1.82) is 0 Å². The van der Waals surface area contributed by atoms with Gasteiger partial charge in [0.05, 0.1) is 0 Å². The molecule has 2 nitrogen and oxygen atoms in total. The van der Waals surface area contributed by atoms with Crippen LogP contribution in [-0.2, 0) is 0 Å². The minimum atomic E-state index is -0.0840. The summed E-state index contributed by atoms with van der Waals surface area (Å²) in [5.41, 5.74) is 15.1. The van der Waals surface area contributed by atoms with Crippen molar-refractivity contribution < 1.29 is 0 Å². The first kappa shape index (κ1) is 27.7. The van der Waals surface area contributed by atoms with E-state index in [1.807, 2.05) is 0 Å². The molecule has 2 aliphatic rings. The molecule has 0 saturated heterocycles. The molecule has 0 aromatic rings. The van der Waals surface area contributed by atoms with Crippen LogP contribution < -0.4 is 11.5 Å². The quantitative estimate of drug-likeness (QED) is 0.248. The Hall–Kier alpha value is 0.500. The lowest BCUT2D eigenvalue weighted by Gasteiger charge is -2.61. The molecule has 2 saturated carbocycles. The van der Waals surface area contributed by atoms with Crippen LogP contribution in [0.25, 0.3) is 0 Å². The fraction of sp³-hybridized carbons (Fsp3) is 1.00. The van der Waals surface area contributed by atoms with Crippen LogP contribution in [0.5, 0.6) is 0 Å². The average molecular weight is 476 g/mol. The van der Waals surface area contributed by atoms with Crippen molar-refractivity contribution in [3.63, 3.8) is 0 Å². The maximum atomic E-state index is 7.44.